The van der Waals surface area contributed by atoms with Crippen LogP contribution in [0.25, 0.3) is 0 Å². The van der Waals surface area contributed by atoms with Crippen LogP contribution in [-0.4, -0.2) is 25.3 Å². The Labute approximate surface area is 120 Å². The summed E-state index contributed by atoms with van der Waals surface area (Å²) in [5.41, 5.74) is 0.821. The molecule has 1 fully saturated rings. The highest BCUT2D eigenvalue weighted by Gasteiger charge is 2.48. The van der Waals surface area contributed by atoms with Gasteiger partial charge in [-0.05, 0) is 47.3 Å². The molecule has 1 aromatic rings. The lowest BCUT2D eigenvalue weighted by Gasteiger charge is -2.39. The van der Waals surface area contributed by atoms with Crippen molar-refractivity contribution in [1.82, 2.24) is 0 Å². The van der Waals surface area contributed by atoms with E-state index in [4.69, 9.17) is 9.47 Å². The molecule has 0 atom stereocenters. The monoisotopic (exact) mass is 328 g/mol. The summed E-state index contributed by atoms with van der Waals surface area (Å²) in [6, 6.07) is 1.87. The van der Waals surface area contributed by atoms with E-state index in [-0.39, 0.29) is 0 Å². The van der Waals surface area contributed by atoms with E-state index >= 15 is 0 Å². The van der Waals surface area contributed by atoms with Gasteiger partial charge >= 0.3 is 5.97 Å². The summed E-state index contributed by atoms with van der Waals surface area (Å²) >= 11 is 3.46. The van der Waals surface area contributed by atoms with Crippen LogP contribution in [0.1, 0.15) is 30.4 Å². The molecule has 1 saturated carbocycles. The van der Waals surface area contributed by atoms with E-state index in [1.807, 2.05) is 13.0 Å². The second-order valence-corrected chi connectivity index (χ2v) is 5.66. The van der Waals surface area contributed by atoms with Crippen molar-refractivity contribution in [2.45, 2.75) is 31.6 Å². The molecule has 0 unspecified atom stereocenters. The highest BCUT2D eigenvalue weighted by atomic mass is 79.9. The third-order valence-electron chi connectivity index (χ3n) is 3.90. The third-order valence-corrected chi connectivity index (χ3v) is 4.62. The smallest absolute Gasteiger partial charge is 0.314 e. The summed E-state index contributed by atoms with van der Waals surface area (Å²) in [5, 5.41) is 9.56. The Morgan fingerprint density at radius 1 is 1.32 bits per heavy atom. The van der Waals surface area contributed by atoms with E-state index in [2.05, 4.69) is 15.9 Å². The fourth-order valence-corrected chi connectivity index (χ4v) is 3.53. The zero-order valence-electron chi connectivity index (χ0n) is 11.2. The molecular formula is C14H17BrO4. The molecule has 1 aromatic carbocycles. The molecule has 0 radical (unpaired) electrons. The minimum absolute atomic E-state index is 0.560. The van der Waals surface area contributed by atoms with Crippen molar-refractivity contribution in [2.24, 2.45) is 0 Å². The van der Waals surface area contributed by atoms with Crippen LogP contribution in [0.15, 0.2) is 10.5 Å². The lowest BCUT2D eigenvalue weighted by Crippen LogP contribution is -2.42. The van der Waals surface area contributed by atoms with Gasteiger partial charge < -0.3 is 14.6 Å². The van der Waals surface area contributed by atoms with Crippen molar-refractivity contribution in [3.63, 3.8) is 0 Å². The topological polar surface area (TPSA) is 55.8 Å². The summed E-state index contributed by atoms with van der Waals surface area (Å²) in [4.78, 5) is 11.6. The first-order valence-corrected chi connectivity index (χ1v) is 6.92. The first-order valence-electron chi connectivity index (χ1n) is 6.13. The maximum Gasteiger partial charge on any atom is 0.314 e. The Bertz CT molecular complexity index is 521. The van der Waals surface area contributed by atoms with E-state index < -0.39 is 11.4 Å². The number of aliphatic carboxylic acids is 1. The highest BCUT2D eigenvalue weighted by Crippen LogP contribution is 2.51. The van der Waals surface area contributed by atoms with Crippen LogP contribution in [0.4, 0.5) is 0 Å². The SMILES string of the molecule is COc1c(C)cc(C2(C(=O)O)CCC2)c(OC)c1Br. The summed E-state index contributed by atoms with van der Waals surface area (Å²) in [7, 11) is 3.13. The molecule has 0 bridgehead atoms. The molecule has 0 amide bonds. The Morgan fingerprint density at radius 2 is 1.89 bits per heavy atom. The number of ether oxygens (including phenoxy) is 2. The van der Waals surface area contributed by atoms with E-state index in [1.54, 1.807) is 14.2 Å². The standard InChI is InChI=1S/C14H17BrO4/c1-8-7-9(14(13(16)17)5-4-6-14)12(19-3)10(15)11(8)18-2/h7H,4-6H2,1-3H3,(H,16,17). The van der Waals surface area contributed by atoms with E-state index in [9.17, 15) is 9.90 Å². The molecule has 104 valence electrons. The molecule has 0 aromatic heterocycles. The Balaban J connectivity index is 2.67. The number of hydrogen-bond acceptors (Lipinski definition) is 3. The first-order chi connectivity index (χ1) is 8.97. The zero-order chi connectivity index (χ0) is 14.2. The number of carboxylic acid groups (broad SMARTS) is 1. The molecule has 0 aliphatic heterocycles. The van der Waals surface area contributed by atoms with Crippen LogP contribution >= 0.6 is 15.9 Å². The van der Waals surface area contributed by atoms with Gasteiger partial charge in [0.2, 0.25) is 0 Å². The van der Waals surface area contributed by atoms with E-state index in [0.717, 1.165) is 17.5 Å². The number of hydrogen-bond donors (Lipinski definition) is 1. The fraction of sp³-hybridized carbons (Fsp3) is 0.500. The molecule has 1 aliphatic rings. The minimum Gasteiger partial charge on any atom is -0.495 e. The Morgan fingerprint density at radius 3 is 2.26 bits per heavy atom. The summed E-state index contributed by atoms with van der Waals surface area (Å²) < 4.78 is 11.4. The van der Waals surface area contributed by atoms with Gasteiger partial charge in [0.25, 0.3) is 0 Å². The van der Waals surface area contributed by atoms with Gasteiger partial charge in [-0.25, -0.2) is 0 Å². The van der Waals surface area contributed by atoms with Crippen LogP contribution < -0.4 is 9.47 Å². The fourth-order valence-electron chi connectivity index (χ4n) is 2.68. The second kappa shape index (κ2) is 5.04. The molecule has 1 N–H and O–H groups in total. The van der Waals surface area contributed by atoms with Crippen molar-refractivity contribution >= 4 is 21.9 Å². The zero-order valence-corrected chi connectivity index (χ0v) is 12.8. The molecule has 0 spiro atoms. The van der Waals surface area contributed by atoms with Crippen molar-refractivity contribution in [3.05, 3.63) is 21.7 Å². The number of aryl methyl sites for hydroxylation is 1. The van der Waals surface area contributed by atoms with Crippen molar-refractivity contribution < 1.29 is 19.4 Å². The predicted molar refractivity (Wildman–Crippen MR) is 75.1 cm³/mol. The Kier molecular flexibility index (Phi) is 3.76. The number of carboxylic acids is 1. The van der Waals surface area contributed by atoms with Crippen LogP contribution in [-0.2, 0) is 10.2 Å². The molecule has 0 saturated heterocycles. The van der Waals surface area contributed by atoms with E-state index in [0.29, 0.717) is 28.8 Å². The van der Waals surface area contributed by atoms with Gasteiger partial charge in [0.15, 0.2) is 0 Å². The third kappa shape index (κ3) is 2.00. The van der Waals surface area contributed by atoms with Crippen molar-refractivity contribution in [3.8, 4) is 11.5 Å². The largest absolute Gasteiger partial charge is 0.495 e. The molecular weight excluding hydrogens is 312 g/mol. The van der Waals surface area contributed by atoms with Gasteiger partial charge in [-0.1, -0.05) is 6.42 Å². The summed E-state index contributed by atoms with van der Waals surface area (Å²) in [5.74, 6) is 0.457. The average Bonchev–Trinajstić information content (AvgIpc) is 2.27. The lowest BCUT2D eigenvalue weighted by molar-refractivity contribution is -0.147. The maximum absolute atomic E-state index is 11.6. The number of halogens is 1. The predicted octanol–water partition coefficient (Wildman–Crippen LogP) is 3.28. The van der Waals surface area contributed by atoms with Crippen LogP contribution in [0, 0.1) is 6.92 Å². The lowest BCUT2D eigenvalue weighted by atomic mass is 9.64. The molecule has 4 nitrogen and oxygen atoms in total. The van der Waals surface area contributed by atoms with Crippen molar-refractivity contribution in [2.75, 3.05) is 14.2 Å². The maximum atomic E-state index is 11.6. The van der Waals surface area contributed by atoms with Crippen LogP contribution in [0.2, 0.25) is 0 Å². The number of benzene rings is 1. The Hall–Kier alpha value is -1.23. The number of rotatable bonds is 4. The van der Waals surface area contributed by atoms with Gasteiger partial charge in [0.1, 0.15) is 16.0 Å². The molecule has 1 aliphatic carbocycles. The molecule has 5 heteroatoms. The molecule has 19 heavy (non-hydrogen) atoms. The number of methoxy groups -OCH3 is 2. The quantitative estimate of drug-likeness (QED) is 0.921. The van der Waals surface area contributed by atoms with E-state index in [1.165, 1.54) is 0 Å². The summed E-state index contributed by atoms with van der Waals surface area (Å²) in [6.07, 6.45) is 2.23. The van der Waals surface area contributed by atoms with Gasteiger partial charge in [-0.3, -0.25) is 4.79 Å². The minimum atomic E-state index is -0.815. The van der Waals surface area contributed by atoms with Crippen LogP contribution in [0.3, 0.4) is 0 Å². The van der Waals surface area contributed by atoms with Crippen molar-refractivity contribution in [1.29, 1.82) is 0 Å². The first kappa shape index (κ1) is 14.2. The number of carbonyl (C=O) groups is 1. The summed E-state index contributed by atoms with van der Waals surface area (Å²) in [6.45, 7) is 1.90. The van der Waals surface area contributed by atoms with Gasteiger partial charge in [0.05, 0.1) is 19.6 Å². The normalized spacial score (nSPS) is 16.6. The molecule has 0 heterocycles. The second-order valence-electron chi connectivity index (χ2n) is 4.86. The average molecular weight is 329 g/mol. The van der Waals surface area contributed by atoms with Gasteiger partial charge in [-0.2, -0.15) is 0 Å². The van der Waals surface area contributed by atoms with Crippen LogP contribution in [0.5, 0.6) is 11.5 Å². The van der Waals surface area contributed by atoms with Gasteiger partial charge in [0, 0.05) is 5.56 Å². The van der Waals surface area contributed by atoms with Gasteiger partial charge in [-0.15, -0.1) is 0 Å². The molecule has 2 rings (SSSR count). The highest BCUT2D eigenvalue weighted by molar-refractivity contribution is 9.10.